The third kappa shape index (κ3) is 4.19. The molecule has 0 radical (unpaired) electrons. The topological polar surface area (TPSA) is 90.7 Å². The fraction of sp³-hybridized carbons (Fsp3) is 0.217. The molecular formula is C23H21N3O5S. The van der Waals surface area contributed by atoms with Gasteiger partial charge in [0.1, 0.15) is 6.54 Å². The van der Waals surface area contributed by atoms with E-state index in [0.29, 0.717) is 28.1 Å². The zero-order valence-corrected chi connectivity index (χ0v) is 18.4. The van der Waals surface area contributed by atoms with Gasteiger partial charge in [-0.15, -0.1) is 0 Å². The van der Waals surface area contributed by atoms with E-state index in [0.717, 1.165) is 10.2 Å². The Morgan fingerprint density at radius 3 is 2.59 bits per heavy atom. The summed E-state index contributed by atoms with van der Waals surface area (Å²) in [5.74, 6) is -1.43. The zero-order valence-electron chi connectivity index (χ0n) is 17.6. The van der Waals surface area contributed by atoms with E-state index in [2.05, 4.69) is 4.98 Å². The third-order valence-electron chi connectivity index (χ3n) is 4.98. The minimum atomic E-state index is -0.587. The first-order valence-corrected chi connectivity index (χ1v) is 10.8. The first-order chi connectivity index (χ1) is 15.5. The van der Waals surface area contributed by atoms with Gasteiger partial charge in [-0.3, -0.25) is 14.5 Å². The highest BCUT2D eigenvalue weighted by Gasteiger charge is 2.21. The molecule has 2 heterocycles. The minimum absolute atomic E-state index is 0.141. The van der Waals surface area contributed by atoms with E-state index in [1.165, 1.54) is 23.3 Å². The Bertz CT molecular complexity index is 1280. The summed E-state index contributed by atoms with van der Waals surface area (Å²) >= 11 is 1.41. The van der Waals surface area contributed by atoms with E-state index < -0.39 is 18.5 Å². The van der Waals surface area contributed by atoms with Crippen molar-refractivity contribution in [3.8, 4) is 0 Å². The molecule has 0 N–H and O–H groups in total. The van der Waals surface area contributed by atoms with Crippen molar-refractivity contribution in [3.63, 3.8) is 0 Å². The van der Waals surface area contributed by atoms with Gasteiger partial charge in [0.15, 0.2) is 11.7 Å². The van der Waals surface area contributed by atoms with Crippen molar-refractivity contribution in [2.24, 2.45) is 0 Å². The summed E-state index contributed by atoms with van der Waals surface area (Å²) < 4.78 is 12.7. The summed E-state index contributed by atoms with van der Waals surface area (Å²) in [6.45, 7) is 1.71. The van der Waals surface area contributed by atoms with Crippen LogP contribution < -0.4 is 4.90 Å². The van der Waals surface area contributed by atoms with Crippen LogP contribution in [0.15, 0.2) is 54.7 Å². The number of likely N-dealkylation sites (N-methyl/N-ethyl adjacent to an activating group) is 1. The van der Waals surface area contributed by atoms with E-state index in [4.69, 9.17) is 9.47 Å². The number of amides is 1. The van der Waals surface area contributed by atoms with Crippen molar-refractivity contribution >= 4 is 55.4 Å². The van der Waals surface area contributed by atoms with Crippen LogP contribution in [0.2, 0.25) is 0 Å². The molecule has 2 aromatic heterocycles. The van der Waals surface area contributed by atoms with Crippen molar-refractivity contribution in [2.45, 2.75) is 13.5 Å². The van der Waals surface area contributed by atoms with Crippen LogP contribution in [0.1, 0.15) is 17.3 Å². The van der Waals surface area contributed by atoms with Gasteiger partial charge in [-0.1, -0.05) is 41.7 Å². The van der Waals surface area contributed by atoms with E-state index in [9.17, 15) is 14.4 Å². The summed E-state index contributed by atoms with van der Waals surface area (Å²) in [7, 11) is 1.30. The number of aromatic nitrogens is 2. The Morgan fingerprint density at radius 2 is 1.84 bits per heavy atom. The molecule has 9 heteroatoms. The maximum absolute atomic E-state index is 12.7. The van der Waals surface area contributed by atoms with Crippen molar-refractivity contribution in [1.29, 1.82) is 0 Å². The first-order valence-electron chi connectivity index (χ1n) is 9.99. The van der Waals surface area contributed by atoms with Gasteiger partial charge in [0.05, 0.1) is 22.9 Å². The van der Waals surface area contributed by atoms with Gasteiger partial charge < -0.3 is 14.0 Å². The number of anilines is 1. The SMILES string of the molecule is CCN(C(=O)COC(=O)Cn1cc(C(=O)OC)c2ccccc21)c1nc2ccccc2s1. The Labute approximate surface area is 188 Å². The van der Waals surface area contributed by atoms with Gasteiger partial charge in [0.25, 0.3) is 5.91 Å². The summed E-state index contributed by atoms with van der Waals surface area (Å²) in [6.07, 6.45) is 1.55. The Morgan fingerprint density at radius 1 is 1.09 bits per heavy atom. The average Bonchev–Trinajstić information content (AvgIpc) is 3.39. The van der Waals surface area contributed by atoms with Gasteiger partial charge in [0.2, 0.25) is 0 Å². The van der Waals surface area contributed by atoms with Crippen LogP contribution in [0.5, 0.6) is 0 Å². The second kappa shape index (κ2) is 9.19. The number of para-hydroxylation sites is 2. The fourth-order valence-electron chi connectivity index (χ4n) is 3.45. The molecule has 0 aliphatic carbocycles. The number of thiazole rings is 1. The predicted molar refractivity (Wildman–Crippen MR) is 122 cm³/mol. The molecule has 32 heavy (non-hydrogen) atoms. The van der Waals surface area contributed by atoms with Crippen LogP contribution in [0.3, 0.4) is 0 Å². The van der Waals surface area contributed by atoms with Crippen LogP contribution in [-0.2, 0) is 25.6 Å². The van der Waals surface area contributed by atoms with Gasteiger partial charge in [-0.25, -0.2) is 9.78 Å². The van der Waals surface area contributed by atoms with Gasteiger partial charge in [-0.05, 0) is 25.1 Å². The summed E-state index contributed by atoms with van der Waals surface area (Å²) in [4.78, 5) is 43.2. The molecule has 0 aliphatic rings. The van der Waals surface area contributed by atoms with Crippen molar-refractivity contribution in [3.05, 3.63) is 60.3 Å². The van der Waals surface area contributed by atoms with Crippen LogP contribution in [0.4, 0.5) is 5.13 Å². The molecule has 4 rings (SSSR count). The number of benzene rings is 2. The fourth-order valence-corrected chi connectivity index (χ4v) is 4.50. The molecule has 8 nitrogen and oxygen atoms in total. The predicted octanol–water partition coefficient (Wildman–Crippen LogP) is 3.63. The molecule has 4 aromatic rings. The molecule has 0 atom stereocenters. The highest BCUT2D eigenvalue weighted by Crippen LogP contribution is 2.28. The highest BCUT2D eigenvalue weighted by atomic mass is 32.1. The molecule has 0 bridgehead atoms. The van der Waals surface area contributed by atoms with E-state index in [1.807, 2.05) is 37.3 Å². The van der Waals surface area contributed by atoms with E-state index >= 15 is 0 Å². The quantitative estimate of drug-likeness (QED) is 0.399. The Kier molecular flexibility index (Phi) is 6.18. The second-order valence-electron chi connectivity index (χ2n) is 6.94. The second-order valence-corrected chi connectivity index (χ2v) is 7.95. The zero-order chi connectivity index (χ0) is 22.7. The summed E-state index contributed by atoms with van der Waals surface area (Å²) in [5, 5.41) is 1.24. The highest BCUT2D eigenvalue weighted by molar-refractivity contribution is 7.22. The first kappa shape index (κ1) is 21.5. The van der Waals surface area contributed by atoms with Crippen molar-refractivity contribution in [1.82, 2.24) is 9.55 Å². The number of esters is 2. The number of carbonyl (C=O) groups excluding carboxylic acids is 3. The Balaban J connectivity index is 1.44. The normalized spacial score (nSPS) is 10.9. The van der Waals surface area contributed by atoms with Gasteiger partial charge in [-0.2, -0.15) is 0 Å². The lowest BCUT2D eigenvalue weighted by atomic mass is 10.2. The summed E-state index contributed by atoms with van der Waals surface area (Å²) in [5.41, 5.74) is 1.87. The largest absolute Gasteiger partial charge is 0.465 e. The van der Waals surface area contributed by atoms with E-state index in [-0.39, 0.29) is 12.5 Å². The third-order valence-corrected chi connectivity index (χ3v) is 6.04. The molecule has 0 unspecified atom stereocenters. The molecule has 0 aliphatic heterocycles. The number of rotatable bonds is 7. The smallest absolute Gasteiger partial charge is 0.340 e. The monoisotopic (exact) mass is 451 g/mol. The van der Waals surface area contributed by atoms with Crippen molar-refractivity contribution in [2.75, 3.05) is 25.2 Å². The minimum Gasteiger partial charge on any atom is -0.465 e. The standard InChI is InChI=1S/C23H21N3O5S/c1-3-26(23-24-17-9-5-7-11-19(17)32-23)20(27)14-31-21(28)13-25-12-16(22(29)30-2)15-8-4-6-10-18(15)25/h4-12H,3,13-14H2,1-2H3. The van der Waals surface area contributed by atoms with E-state index in [1.54, 1.807) is 29.0 Å². The van der Waals surface area contributed by atoms with Gasteiger partial charge >= 0.3 is 11.9 Å². The molecular weight excluding hydrogens is 430 g/mol. The number of carbonyl (C=O) groups is 3. The lowest BCUT2D eigenvalue weighted by Gasteiger charge is -2.17. The number of hydrogen-bond donors (Lipinski definition) is 0. The lowest BCUT2D eigenvalue weighted by Crippen LogP contribution is -2.34. The average molecular weight is 452 g/mol. The van der Waals surface area contributed by atoms with Crippen LogP contribution in [-0.4, -0.2) is 47.7 Å². The number of ether oxygens (including phenoxy) is 2. The van der Waals surface area contributed by atoms with Crippen LogP contribution in [0, 0.1) is 0 Å². The Hall–Kier alpha value is -3.72. The number of fused-ring (bicyclic) bond motifs is 2. The molecule has 0 saturated carbocycles. The lowest BCUT2D eigenvalue weighted by molar-refractivity contribution is -0.148. The molecule has 0 fully saturated rings. The maximum atomic E-state index is 12.7. The molecule has 0 spiro atoms. The molecule has 1 amide bonds. The number of methoxy groups -OCH3 is 1. The molecule has 2 aromatic carbocycles. The van der Waals surface area contributed by atoms with Crippen LogP contribution in [0.25, 0.3) is 21.1 Å². The maximum Gasteiger partial charge on any atom is 0.340 e. The number of nitrogens with zero attached hydrogens (tertiary/aromatic N) is 3. The summed E-state index contributed by atoms with van der Waals surface area (Å²) in [6, 6.07) is 14.8. The molecule has 164 valence electrons. The van der Waals surface area contributed by atoms with Gasteiger partial charge in [0, 0.05) is 23.6 Å². The van der Waals surface area contributed by atoms with Crippen molar-refractivity contribution < 1.29 is 23.9 Å². The molecule has 0 saturated heterocycles. The number of hydrogen-bond acceptors (Lipinski definition) is 7. The van der Waals surface area contributed by atoms with Crippen LogP contribution >= 0.6 is 11.3 Å².